The summed E-state index contributed by atoms with van der Waals surface area (Å²) in [6.45, 7) is 2.10. The fourth-order valence-electron chi connectivity index (χ4n) is 1.33. The molecule has 0 amide bonds. The number of hydrogen-bond acceptors (Lipinski definition) is 1. The Labute approximate surface area is 84.7 Å². The van der Waals surface area contributed by atoms with Crippen LogP contribution in [0.5, 0.6) is 5.75 Å². The van der Waals surface area contributed by atoms with E-state index in [1.165, 1.54) is 11.1 Å². The molecule has 0 N–H and O–H groups in total. The van der Waals surface area contributed by atoms with Gasteiger partial charge in [-0.2, -0.15) is 0 Å². The summed E-state index contributed by atoms with van der Waals surface area (Å²) in [5.74, 6) is 1.65. The number of rotatable bonds is 4. The van der Waals surface area contributed by atoms with Gasteiger partial charge in [0.25, 0.3) is 0 Å². The van der Waals surface area contributed by atoms with Crippen LogP contribution in [0, 0.1) is 6.92 Å². The third kappa shape index (κ3) is 2.92. The zero-order chi connectivity index (χ0) is 9.68. The average Bonchev–Trinajstić information content (AvgIpc) is 2.16. The number of hydrogen-bond donors (Lipinski definition) is 0. The van der Waals surface area contributed by atoms with Crippen molar-refractivity contribution in [1.29, 1.82) is 0 Å². The summed E-state index contributed by atoms with van der Waals surface area (Å²) in [6, 6.07) is 6.17. The molecular weight excluding hydrogens is 184 g/mol. The topological polar surface area (TPSA) is 9.23 Å². The van der Waals surface area contributed by atoms with Gasteiger partial charge in [-0.25, -0.2) is 0 Å². The minimum atomic E-state index is 0.728. The molecule has 0 aliphatic heterocycles. The molecule has 0 radical (unpaired) electrons. The van der Waals surface area contributed by atoms with Gasteiger partial charge in [0.05, 0.1) is 7.11 Å². The molecular formula is C11H15ClO. The summed E-state index contributed by atoms with van der Waals surface area (Å²) >= 11 is 5.64. The molecule has 72 valence electrons. The van der Waals surface area contributed by atoms with Crippen LogP contribution in [0.4, 0.5) is 0 Å². The van der Waals surface area contributed by atoms with E-state index in [1.807, 2.05) is 6.07 Å². The molecule has 0 aromatic heterocycles. The van der Waals surface area contributed by atoms with Crippen LogP contribution in [-0.4, -0.2) is 13.0 Å². The number of aryl methyl sites for hydroxylation is 2. The summed E-state index contributed by atoms with van der Waals surface area (Å²) < 4.78 is 5.13. The van der Waals surface area contributed by atoms with Gasteiger partial charge in [-0.15, -0.1) is 11.6 Å². The van der Waals surface area contributed by atoms with Crippen molar-refractivity contribution in [3.8, 4) is 5.75 Å². The van der Waals surface area contributed by atoms with Gasteiger partial charge in [-0.3, -0.25) is 0 Å². The number of benzene rings is 1. The second kappa shape index (κ2) is 5.13. The second-order valence-corrected chi connectivity index (χ2v) is 3.46. The van der Waals surface area contributed by atoms with Crippen LogP contribution in [0.1, 0.15) is 17.5 Å². The zero-order valence-electron chi connectivity index (χ0n) is 8.14. The van der Waals surface area contributed by atoms with Crippen LogP contribution in [0.15, 0.2) is 18.2 Å². The Balaban J connectivity index is 2.73. The molecule has 0 atom stereocenters. The molecule has 1 rings (SSSR count). The van der Waals surface area contributed by atoms with Crippen molar-refractivity contribution in [3.05, 3.63) is 29.3 Å². The Morgan fingerprint density at radius 2 is 2.15 bits per heavy atom. The van der Waals surface area contributed by atoms with Crippen LogP contribution in [0.2, 0.25) is 0 Å². The van der Waals surface area contributed by atoms with E-state index in [0.29, 0.717) is 0 Å². The third-order valence-corrected chi connectivity index (χ3v) is 2.40. The lowest BCUT2D eigenvalue weighted by Gasteiger charge is -2.06. The molecule has 1 aromatic carbocycles. The molecule has 1 nitrogen and oxygen atoms in total. The largest absolute Gasteiger partial charge is 0.497 e. The van der Waals surface area contributed by atoms with Gasteiger partial charge in [0, 0.05) is 5.88 Å². The second-order valence-electron chi connectivity index (χ2n) is 3.08. The van der Waals surface area contributed by atoms with Crippen LogP contribution < -0.4 is 4.74 Å². The molecule has 0 saturated carbocycles. The molecule has 0 saturated heterocycles. The van der Waals surface area contributed by atoms with Gasteiger partial charge in [0.15, 0.2) is 0 Å². The van der Waals surface area contributed by atoms with Gasteiger partial charge in [0.2, 0.25) is 0 Å². The zero-order valence-corrected chi connectivity index (χ0v) is 8.90. The van der Waals surface area contributed by atoms with E-state index < -0.39 is 0 Å². The average molecular weight is 199 g/mol. The first kappa shape index (κ1) is 10.4. The highest BCUT2D eigenvalue weighted by molar-refractivity contribution is 6.17. The highest BCUT2D eigenvalue weighted by Crippen LogP contribution is 2.17. The molecule has 13 heavy (non-hydrogen) atoms. The van der Waals surface area contributed by atoms with E-state index in [-0.39, 0.29) is 0 Å². The van der Waals surface area contributed by atoms with Crippen molar-refractivity contribution < 1.29 is 4.74 Å². The first-order chi connectivity index (χ1) is 6.27. The lowest BCUT2D eigenvalue weighted by atomic mass is 10.0. The lowest BCUT2D eigenvalue weighted by Crippen LogP contribution is -1.92. The number of ether oxygens (including phenoxy) is 1. The van der Waals surface area contributed by atoms with E-state index in [2.05, 4.69) is 19.1 Å². The Kier molecular flexibility index (Phi) is 4.10. The maximum atomic E-state index is 5.64. The van der Waals surface area contributed by atoms with Crippen molar-refractivity contribution in [1.82, 2.24) is 0 Å². The van der Waals surface area contributed by atoms with E-state index >= 15 is 0 Å². The monoisotopic (exact) mass is 198 g/mol. The minimum Gasteiger partial charge on any atom is -0.497 e. The standard InChI is InChI=1S/C11H15ClO/c1-9-8-11(13-2)6-5-10(9)4-3-7-12/h5-6,8H,3-4,7H2,1-2H3. The molecule has 1 aromatic rings. The number of halogens is 1. The molecule has 0 bridgehead atoms. The van der Waals surface area contributed by atoms with Gasteiger partial charge >= 0.3 is 0 Å². The van der Waals surface area contributed by atoms with Gasteiger partial charge in [0.1, 0.15) is 5.75 Å². The fraction of sp³-hybridized carbons (Fsp3) is 0.455. The van der Waals surface area contributed by atoms with Crippen LogP contribution in [-0.2, 0) is 6.42 Å². The number of methoxy groups -OCH3 is 1. The maximum Gasteiger partial charge on any atom is 0.119 e. The lowest BCUT2D eigenvalue weighted by molar-refractivity contribution is 0.414. The van der Waals surface area contributed by atoms with Crippen LogP contribution in [0.3, 0.4) is 0 Å². The predicted molar refractivity (Wildman–Crippen MR) is 56.8 cm³/mol. The Hall–Kier alpha value is -0.690. The van der Waals surface area contributed by atoms with Crippen molar-refractivity contribution in [3.63, 3.8) is 0 Å². The summed E-state index contributed by atoms with van der Waals surface area (Å²) in [5, 5.41) is 0. The molecule has 0 heterocycles. The normalized spacial score (nSPS) is 10.1. The molecule has 0 aliphatic carbocycles. The third-order valence-electron chi connectivity index (χ3n) is 2.13. The SMILES string of the molecule is COc1ccc(CCCCl)c(C)c1. The van der Waals surface area contributed by atoms with Crippen LogP contribution >= 0.6 is 11.6 Å². The van der Waals surface area contributed by atoms with Gasteiger partial charge < -0.3 is 4.74 Å². The molecule has 0 spiro atoms. The molecule has 0 fully saturated rings. The van der Waals surface area contributed by atoms with E-state index in [0.717, 1.165) is 24.5 Å². The summed E-state index contributed by atoms with van der Waals surface area (Å²) in [5.41, 5.74) is 2.64. The molecule has 0 unspecified atom stereocenters. The summed E-state index contributed by atoms with van der Waals surface area (Å²) in [6.07, 6.45) is 2.09. The summed E-state index contributed by atoms with van der Waals surface area (Å²) in [7, 11) is 1.69. The van der Waals surface area contributed by atoms with Crippen molar-refractivity contribution >= 4 is 11.6 Å². The number of alkyl halides is 1. The Morgan fingerprint density at radius 3 is 2.69 bits per heavy atom. The fourth-order valence-corrected chi connectivity index (χ4v) is 1.47. The highest BCUT2D eigenvalue weighted by atomic mass is 35.5. The van der Waals surface area contributed by atoms with E-state index in [1.54, 1.807) is 7.11 Å². The van der Waals surface area contributed by atoms with Gasteiger partial charge in [-0.1, -0.05) is 6.07 Å². The quantitative estimate of drug-likeness (QED) is 0.676. The van der Waals surface area contributed by atoms with Crippen molar-refractivity contribution in [2.24, 2.45) is 0 Å². The van der Waals surface area contributed by atoms with Gasteiger partial charge in [-0.05, 0) is 43.0 Å². The van der Waals surface area contributed by atoms with E-state index in [4.69, 9.17) is 16.3 Å². The Morgan fingerprint density at radius 1 is 1.38 bits per heavy atom. The smallest absolute Gasteiger partial charge is 0.119 e. The first-order valence-electron chi connectivity index (χ1n) is 4.47. The minimum absolute atomic E-state index is 0.728. The van der Waals surface area contributed by atoms with E-state index in [9.17, 15) is 0 Å². The van der Waals surface area contributed by atoms with Crippen LogP contribution in [0.25, 0.3) is 0 Å². The molecule has 0 aliphatic rings. The van der Waals surface area contributed by atoms with Crippen molar-refractivity contribution in [2.75, 3.05) is 13.0 Å². The Bertz CT molecular complexity index is 271. The van der Waals surface area contributed by atoms with Crippen molar-refractivity contribution in [2.45, 2.75) is 19.8 Å². The highest BCUT2D eigenvalue weighted by Gasteiger charge is 1.99. The molecule has 2 heteroatoms. The maximum absolute atomic E-state index is 5.64. The first-order valence-corrected chi connectivity index (χ1v) is 5.01. The summed E-state index contributed by atoms with van der Waals surface area (Å²) in [4.78, 5) is 0. The predicted octanol–water partition coefficient (Wildman–Crippen LogP) is 3.18.